The predicted molar refractivity (Wildman–Crippen MR) is 258 cm³/mol. The molecule has 4 aliphatic carbocycles. The zero-order valence-corrected chi connectivity index (χ0v) is 39.1. The van der Waals surface area contributed by atoms with Crippen LogP contribution in [0.4, 0.5) is 0 Å². The van der Waals surface area contributed by atoms with E-state index in [2.05, 4.69) is 158 Å². The van der Waals surface area contributed by atoms with Gasteiger partial charge in [-0.15, -0.1) is 0 Å². The fourth-order valence-corrected chi connectivity index (χ4v) is 24.1. The monoisotopic (exact) mass is 892 g/mol. The maximum Gasteiger partial charge on any atom is -1.00 e. The van der Waals surface area contributed by atoms with Crippen LogP contribution in [0, 0.1) is 11.8 Å². The Morgan fingerprint density at radius 3 is 1.06 bits per heavy atom. The van der Waals surface area contributed by atoms with Crippen LogP contribution in [0.2, 0.25) is 9.45 Å². The van der Waals surface area contributed by atoms with Gasteiger partial charge >= 0.3 is 367 Å². The third-order valence-corrected chi connectivity index (χ3v) is 24.6. The van der Waals surface area contributed by atoms with Crippen molar-refractivity contribution in [1.82, 2.24) is 0 Å². The van der Waals surface area contributed by atoms with E-state index in [9.17, 15) is 0 Å². The normalized spacial score (nSPS) is 20.0. The van der Waals surface area contributed by atoms with Gasteiger partial charge in [-0.25, -0.2) is 0 Å². The molecule has 0 aromatic heterocycles. The van der Waals surface area contributed by atoms with Crippen molar-refractivity contribution in [3.63, 3.8) is 0 Å². The van der Waals surface area contributed by atoms with Gasteiger partial charge in [0.25, 0.3) is 0 Å². The second-order valence-corrected chi connectivity index (χ2v) is 26.8. The van der Waals surface area contributed by atoms with Crippen molar-refractivity contribution in [2.45, 2.75) is 82.1 Å². The fourth-order valence-electron chi connectivity index (χ4n) is 13.6. The van der Waals surface area contributed by atoms with Gasteiger partial charge in [0.05, 0.1) is 0 Å². The minimum atomic E-state index is -2.74. The van der Waals surface area contributed by atoms with Crippen LogP contribution in [0.1, 0.15) is 94.9 Å². The number of hydrogen-bond donors (Lipinski definition) is 0. The first-order valence-electron chi connectivity index (χ1n) is 23.8. The van der Waals surface area contributed by atoms with Crippen molar-refractivity contribution in [2.24, 2.45) is 11.8 Å². The van der Waals surface area contributed by atoms with Crippen LogP contribution >= 0.6 is 0 Å². The largest absolute Gasteiger partial charge is 1.00 e. The summed E-state index contributed by atoms with van der Waals surface area (Å²) in [6.45, 7) is 0. The van der Waals surface area contributed by atoms with Crippen molar-refractivity contribution in [3.05, 3.63) is 179 Å². The molecule has 63 heavy (non-hydrogen) atoms. The van der Waals surface area contributed by atoms with Crippen LogP contribution in [0.3, 0.4) is 0 Å². The van der Waals surface area contributed by atoms with Crippen molar-refractivity contribution in [3.8, 4) is 22.3 Å². The van der Waals surface area contributed by atoms with Crippen LogP contribution in [0.5, 0.6) is 0 Å². The zero-order valence-electron chi connectivity index (χ0n) is 36.1. The summed E-state index contributed by atoms with van der Waals surface area (Å²) in [7, 11) is 0. The second kappa shape index (κ2) is 16.5. The van der Waals surface area contributed by atoms with Crippen LogP contribution in [0.15, 0.2) is 157 Å². The number of halogens is 2. The molecule has 8 aromatic carbocycles. The van der Waals surface area contributed by atoms with Gasteiger partial charge in [0.15, 0.2) is 0 Å². The van der Waals surface area contributed by atoms with Crippen molar-refractivity contribution in [1.29, 1.82) is 0 Å². The average Bonchev–Trinajstić information content (AvgIpc) is 3.84. The Kier molecular flexibility index (Phi) is 10.8. The van der Waals surface area contributed by atoms with Crippen LogP contribution < -0.4 is 24.8 Å². The Bertz CT molecular complexity index is 2820. The maximum atomic E-state index is 2.83. The van der Waals surface area contributed by atoms with Gasteiger partial charge in [-0.1, -0.05) is 0 Å². The molecule has 8 aromatic rings. The van der Waals surface area contributed by atoms with Crippen LogP contribution in [-0.2, 0) is 16.6 Å². The van der Waals surface area contributed by atoms with Gasteiger partial charge in [-0.05, 0) is 0 Å². The molecule has 1 heterocycles. The molecule has 3 heteroatoms. The number of fused-ring (bicyclic) bond motifs is 6. The number of hydrogen-bond acceptors (Lipinski definition) is 0. The second-order valence-electron chi connectivity index (χ2n) is 19.6. The molecule has 0 nitrogen and oxygen atoms in total. The molecule has 0 amide bonds. The third-order valence-electron chi connectivity index (χ3n) is 16.4. The molecule has 13 rings (SSSR count). The molecule has 0 N–H and O–H groups in total. The van der Waals surface area contributed by atoms with Gasteiger partial charge in [-0.3, -0.25) is 0 Å². The first kappa shape index (κ1) is 41.3. The molecule has 2 atom stereocenters. The summed E-state index contributed by atoms with van der Waals surface area (Å²) in [5.74, 6) is 1.42. The van der Waals surface area contributed by atoms with E-state index in [0.29, 0.717) is 20.3 Å². The minimum absolute atomic E-state index is 0. The molecule has 5 aliphatic rings. The summed E-state index contributed by atoms with van der Waals surface area (Å²) >= 11 is -2.74. The van der Waals surface area contributed by atoms with Gasteiger partial charge < -0.3 is 24.8 Å². The molecule has 2 saturated carbocycles. The Labute approximate surface area is 389 Å². The molecule has 0 bridgehead atoms. The molecule has 312 valence electrons. The Morgan fingerprint density at radius 2 is 0.714 bits per heavy atom. The Hall–Kier alpha value is -4.43. The molecule has 0 radical (unpaired) electrons. The van der Waals surface area contributed by atoms with E-state index in [1.165, 1.54) is 139 Å². The molecule has 2 unspecified atom stereocenters. The smallest absolute Gasteiger partial charge is 1.00 e. The van der Waals surface area contributed by atoms with Crippen molar-refractivity contribution < 1.29 is 41.4 Å². The van der Waals surface area contributed by atoms with Gasteiger partial charge in [-0.2, -0.15) is 0 Å². The third kappa shape index (κ3) is 6.57. The SMILES string of the molecule is C1=C(C2CCCCC2)[CH]([Ti+2]2([CH]3C(C4CCCCC4)=Cc4c(-c5c6ccccc6cc6ccccc56)cccc43)[CH2][CH2]2)c2cccc(-c3c4ccccc4cc4ccccc34)c21.[Cl-].[Cl-]. The quantitative estimate of drug-likeness (QED) is 0.115. The molecule has 1 aliphatic heterocycles. The van der Waals surface area contributed by atoms with E-state index in [0.717, 1.165) is 0 Å². The summed E-state index contributed by atoms with van der Waals surface area (Å²) in [6.07, 6.45) is 19.4. The number of benzene rings is 8. The molecular weight excluding hydrogens is 839 g/mol. The number of allylic oxidation sites excluding steroid dienone is 2. The molecule has 1 saturated heterocycles. The van der Waals surface area contributed by atoms with E-state index in [1.807, 2.05) is 11.1 Å². The standard InChI is InChI=1S/2C29H25.C2H4.2ClH.Ti/c2*1-2-9-20(10-3-1)24-18-23-13-8-16-27(28(23)19-24)29-25-14-6-4-11-21(25)17-22-12-5-7-15-26(22)29;1-2;;;/h2*4-8,11-20H,1-3,9-10H2;1-2H2;2*1H;/q;;;;;+2/p-2. The van der Waals surface area contributed by atoms with Crippen molar-refractivity contribution >= 4 is 55.2 Å². The summed E-state index contributed by atoms with van der Waals surface area (Å²) in [5.41, 5.74) is 16.0. The van der Waals surface area contributed by atoms with E-state index in [-0.39, 0.29) is 24.8 Å². The van der Waals surface area contributed by atoms with Gasteiger partial charge in [0.2, 0.25) is 0 Å². The molecule has 3 fully saturated rings. The Balaban J connectivity index is 0.00000222. The minimum Gasteiger partial charge on any atom is -1.00 e. The topological polar surface area (TPSA) is 0 Å². The summed E-state index contributed by atoms with van der Waals surface area (Å²) in [5, 5.41) is 10.9. The summed E-state index contributed by atoms with van der Waals surface area (Å²) in [6, 6.07) is 56.5. The molecular formula is C60H54Cl2Ti. The fraction of sp³-hybridized carbons (Fsp3) is 0.267. The first-order chi connectivity index (χ1) is 30.2. The summed E-state index contributed by atoms with van der Waals surface area (Å²) in [4.78, 5) is 0. The predicted octanol–water partition coefficient (Wildman–Crippen LogP) is 11.4. The zero-order chi connectivity index (χ0) is 40.1. The van der Waals surface area contributed by atoms with Crippen molar-refractivity contribution in [2.75, 3.05) is 0 Å². The van der Waals surface area contributed by atoms with E-state index in [1.54, 1.807) is 22.3 Å². The average molecular weight is 894 g/mol. The van der Waals surface area contributed by atoms with E-state index < -0.39 is 16.6 Å². The molecule has 0 spiro atoms. The maximum absolute atomic E-state index is 2.83. The summed E-state index contributed by atoms with van der Waals surface area (Å²) < 4.78 is 4.24. The number of rotatable bonds is 6. The Morgan fingerprint density at radius 1 is 0.365 bits per heavy atom. The van der Waals surface area contributed by atoms with E-state index >= 15 is 0 Å². The van der Waals surface area contributed by atoms with Crippen LogP contribution in [0.25, 0.3) is 77.5 Å². The van der Waals surface area contributed by atoms with Gasteiger partial charge in [0.1, 0.15) is 0 Å². The van der Waals surface area contributed by atoms with E-state index in [4.69, 9.17) is 0 Å². The first-order valence-corrected chi connectivity index (χ1v) is 27.8. The van der Waals surface area contributed by atoms with Crippen LogP contribution in [-0.4, -0.2) is 0 Å². The van der Waals surface area contributed by atoms with Gasteiger partial charge in [0, 0.05) is 0 Å².